The minimum Gasteiger partial charge on any atom is -0.456 e. The fraction of sp³-hybridized carbons (Fsp3) is 0.643. The summed E-state index contributed by atoms with van der Waals surface area (Å²) in [5.41, 5.74) is -0.619. The number of fused-ring (bicyclic) bond motifs is 1. The van der Waals surface area contributed by atoms with Crippen molar-refractivity contribution in [2.45, 2.75) is 42.2 Å². The Balaban J connectivity index is 1.98. The molecule has 0 saturated carbocycles. The van der Waals surface area contributed by atoms with Crippen molar-refractivity contribution in [2.24, 2.45) is 0 Å². The van der Waals surface area contributed by atoms with E-state index >= 15 is 0 Å². The Labute approximate surface area is 164 Å². The van der Waals surface area contributed by atoms with Crippen LogP contribution in [-0.2, 0) is 19.1 Å². The summed E-state index contributed by atoms with van der Waals surface area (Å²) in [6.07, 6.45) is -0.689. The Hall–Kier alpha value is -0.830. The van der Waals surface area contributed by atoms with Crippen LogP contribution in [0.4, 0.5) is 4.79 Å². The number of hydrogen-bond donors (Lipinski definition) is 1. The molecule has 2 rings (SSSR count). The number of carbonyl (C=O) groups is 3. The van der Waals surface area contributed by atoms with Crippen molar-refractivity contribution in [1.82, 2.24) is 10.2 Å². The monoisotopic (exact) mass is 430 g/mol. The number of amides is 2. The Morgan fingerprint density at radius 2 is 2.00 bits per heavy atom. The summed E-state index contributed by atoms with van der Waals surface area (Å²) in [6.45, 7) is 4.73. The Kier molecular flexibility index (Phi) is 6.08. The normalized spacial score (nSPS) is 23.2. The molecule has 0 spiro atoms. The number of alkyl carbamates (subject to hydrolysis) is 1. The van der Waals surface area contributed by atoms with Crippen molar-refractivity contribution in [1.29, 1.82) is 0 Å². The first-order valence-electron chi connectivity index (χ1n) is 7.27. The molecule has 7 nitrogen and oxygen atoms in total. The summed E-state index contributed by atoms with van der Waals surface area (Å²) in [6, 6.07) is -1.13. The molecule has 0 aromatic carbocycles. The van der Waals surface area contributed by atoms with E-state index in [4.69, 9.17) is 44.3 Å². The van der Waals surface area contributed by atoms with Gasteiger partial charge >= 0.3 is 12.1 Å². The predicted octanol–water partition coefficient (Wildman–Crippen LogP) is 2.59. The second kappa shape index (κ2) is 7.42. The van der Waals surface area contributed by atoms with Gasteiger partial charge in [-0.3, -0.25) is 9.69 Å². The van der Waals surface area contributed by atoms with Crippen molar-refractivity contribution in [2.75, 3.05) is 12.4 Å². The zero-order valence-corrected chi connectivity index (χ0v) is 16.8. The van der Waals surface area contributed by atoms with Gasteiger partial charge in [-0.15, -0.1) is 11.8 Å². The molecule has 1 saturated heterocycles. The van der Waals surface area contributed by atoms with Crippen molar-refractivity contribution < 1.29 is 23.9 Å². The van der Waals surface area contributed by atoms with Crippen LogP contribution in [0.2, 0.25) is 0 Å². The molecule has 0 aromatic rings. The smallest absolute Gasteiger partial charge is 0.408 e. The number of esters is 1. The van der Waals surface area contributed by atoms with Crippen molar-refractivity contribution in [3.63, 3.8) is 0 Å². The van der Waals surface area contributed by atoms with E-state index in [9.17, 15) is 14.4 Å². The highest BCUT2D eigenvalue weighted by atomic mass is 35.6. The second-order valence-electron chi connectivity index (χ2n) is 6.43. The molecule has 1 N–H and O–H groups in total. The van der Waals surface area contributed by atoms with Crippen LogP contribution in [0.3, 0.4) is 0 Å². The maximum atomic E-state index is 12.3. The molecule has 0 aromatic heterocycles. The number of ether oxygens (including phenoxy) is 2. The van der Waals surface area contributed by atoms with E-state index in [1.807, 2.05) is 0 Å². The summed E-state index contributed by atoms with van der Waals surface area (Å²) >= 11 is 18.0. The number of nitrogens with one attached hydrogen (secondary N) is 1. The number of thioether (sulfide) groups is 1. The van der Waals surface area contributed by atoms with Gasteiger partial charge < -0.3 is 14.8 Å². The van der Waals surface area contributed by atoms with Crippen LogP contribution in [0.15, 0.2) is 11.1 Å². The highest BCUT2D eigenvalue weighted by molar-refractivity contribution is 8.02. The van der Waals surface area contributed by atoms with Gasteiger partial charge in [0.2, 0.25) is 3.79 Å². The standard InChI is InChI=1S/C14H17Cl3N2O5S/c1-13(2,3)24-12(22)18-9-7-4-25-5-8(19(7)10(9)20)11(21)23-6-14(15,16)17/h5,7,9H,4,6H2,1-3H3,(H,18,22). The first kappa shape index (κ1) is 20.5. The van der Waals surface area contributed by atoms with Gasteiger partial charge in [0.15, 0.2) is 0 Å². The van der Waals surface area contributed by atoms with Gasteiger partial charge in [-0.2, -0.15) is 0 Å². The molecule has 2 unspecified atom stereocenters. The predicted molar refractivity (Wildman–Crippen MR) is 95.6 cm³/mol. The lowest BCUT2D eigenvalue weighted by Crippen LogP contribution is -2.72. The van der Waals surface area contributed by atoms with E-state index in [2.05, 4.69) is 5.32 Å². The van der Waals surface area contributed by atoms with Crippen LogP contribution >= 0.6 is 46.6 Å². The largest absolute Gasteiger partial charge is 0.456 e. The van der Waals surface area contributed by atoms with Crippen LogP contribution in [0.5, 0.6) is 0 Å². The number of nitrogens with zero attached hydrogens (tertiary/aromatic N) is 1. The minimum absolute atomic E-state index is 0.0581. The number of hydrogen-bond acceptors (Lipinski definition) is 6. The fourth-order valence-corrected chi connectivity index (χ4v) is 3.42. The van der Waals surface area contributed by atoms with E-state index < -0.39 is 40.0 Å². The third kappa shape index (κ3) is 5.32. The number of alkyl halides is 3. The lowest BCUT2D eigenvalue weighted by Gasteiger charge is -2.48. The second-order valence-corrected chi connectivity index (χ2v) is 9.85. The van der Waals surface area contributed by atoms with Gasteiger partial charge in [-0.25, -0.2) is 9.59 Å². The zero-order chi connectivity index (χ0) is 19.0. The molecular weight excluding hydrogens is 415 g/mol. The number of rotatable bonds is 3. The molecule has 0 radical (unpaired) electrons. The molecule has 1 fully saturated rings. The van der Waals surface area contributed by atoms with E-state index in [-0.39, 0.29) is 11.7 Å². The van der Waals surface area contributed by atoms with E-state index in [0.717, 1.165) is 0 Å². The highest BCUT2D eigenvalue weighted by Gasteiger charge is 2.53. The molecule has 2 aliphatic rings. The van der Waals surface area contributed by atoms with E-state index in [0.29, 0.717) is 5.75 Å². The molecular formula is C14H17Cl3N2O5S. The Morgan fingerprint density at radius 1 is 1.36 bits per heavy atom. The van der Waals surface area contributed by atoms with Crippen LogP contribution in [0.1, 0.15) is 20.8 Å². The summed E-state index contributed by atoms with van der Waals surface area (Å²) in [4.78, 5) is 37.6. The SMILES string of the molecule is CC(C)(C)OC(=O)NC1C(=O)N2C(C(=O)OCC(Cl)(Cl)Cl)=CSCC12. The van der Waals surface area contributed by atoms with Crippen molar-refractivity contribution in [3.8, 4) is 0 Å². The maximum absolute atomic E-state index is 12.3. The van der Waals surface area contributed by atoms with Crippen molar-refractivity contribution >= 4 is 64.5 Å². The van der Waals surface area contributed by atoms with Gasteiger partial charge in [0.25, 0.3) is 5.91 Å². The van der Waals surface area contributed by atoms with Gasteiger partial charge in [0.1, 0.15) is 23.9 Å². The van der Waals surface area contributed by atoms with Gasteiger partial charge in [0, 0.05) is 11.2 Å². The summed E-state index contributed by atoms with van der Waals surface area (Å²) in [5, 5.41) is 4.04. The van der Waals surface area contributed by atoms with Gasteiger partial charge in [0.05, 0.1) is 6.04 Å². The lowest BCUT2D eigenvalue weighted by atomic mass is 9.95. The van der Waals surface area contributed by atoms with Crippen LogP contribution in [-0.4, -0.2) is 56.7 Å². The van der Waals surface area contributed by atoms with Gasteiger partial charge in [-0.05, 0) is 20.8 Å². The molecule has 2 heterocycles. The average molecular weight is 432 g/mol. The average Bonchev–Trinajstić information content (AvgIpc) is 2.46. The highest BCUT2D eigenvalue weighted by Crippen LogP contribution is 2.35. The van der Waals surface area contributed by atoms with E-state index in [1.165, 1.54) is 22.1 Å². The molecule has 0 aliphatic carbocycles. The molecule has 2 amide bonds. The molecule has 25 heavy (non-hydrogen) atoms. The number of carbonyl (C=O) groups excluding carboxylic acids is 3. The van der Waals surface area contributed by atoms with Crippen molar-refractivity contribution in [3.05, 3.63) is 11.1 Å². The van der Waals surface area contributed by atoms with E-state index in [1.54, 1.807) is 20.8 Å². The van der Waals surface area contributed by atoms with Crippen LogP contribution in [0, 0.1) is 0 Å². The lowest BCUT2D eigenvalue weighted by molar-refractivity contribution is -0.154. The molecule has 11 heteroatoms. The zero-order valence-electron chi connectivity index (χ0n) is 13.7. The quantitative estimate of drug-likeness (QED) is 0.420. The molecule has 2 aliphatic heterocycles. The molecule has 2 atom stereocenters. The molecule has 0 bridgehead atoms. The third-order valence-electron chi connectivity index (χ3n) is 3.19. The maximum Gasteiger partial charge on any atom is 0.408 e. The Morgan fingerprint density at radius 3 is 2.56 bits per heavy atom. The summed E-state index contributed by atoms with van der Waals surface area (Å²) < 4.78 is 8.31. The Bertz CT molecular complexity index is 615. The van der Waals surface area contributed by atoms with Gasteiger partial charge in [-0.1, -0.05) is 34.8 Å². The van der Waals surface area contributed by atoms with Crippen LogP contribution < -0.4 is 5.32 Å². The topological polar surface area (TPSA) is 84.9 Å². The number of halogens is 3. The minimum atomic E-state index is -1.74. The van der Waals surface area contributed by atoms with Crippen LogP contribution in [0.25, 0.3) is 0 Å². The summed E-state index contributed by atoms with van der Waals surface area (Å²) in [7, 11) is 0. The number of β-lactam (4-membered cyclic amide) rings is 1. The summed E-state index contributed by atoms with van der Waals surface area (Å²) in [5.74, 6) is -0.672. The third-order valence-corrected chi connectivity index (χ3v) is 4.44. The first-order valence-corrected chi connectivity index (χ1v) is 9.45. The first-order chi connectivity index (χ1) is 11.4. The fourth-order valence-electron chi connectivity index (χ4n) is 2.26. The molecule has 140 valence electrons.